The molecule has 2 aromatic heterocycles. The minimum Gasteiger partial charge on any atom is -0.444 e. The lowest BCUT2D eigenvalue weighted by Gasteiger charge is -2.32. The first-order valence-corrected chi connectivity index (χ1v) is 12.5. The van der Waals surface area contributed by atoms with E-state index in [0.29, 0.717) is 38.6 Å². The number of nitrogens with one attached hydrogen (secondary N) is 1. The molecule has 0 aromatic carbocycles. The number of carbonyl (C=O) groups is 2. The first-order valence-electron chi connectivity index (χ1n) is 12.5. The highest BCUT2D eigenvalue weighted by molar-refractivity contribution is 5.88. The summed E-state index contributed by atoms with van der Waals surface area (Å²) in [4.78, 5) is 39.6. The van der Waals surface area contributed by atoms with E-state index in [4.69, 9.17) is 4.74 Å². The normalized spacial score (nSPS) is 19.4. The van der Waals surface area contributed by atoms with Crippen molar-refractivity contribution in [3.8, 4) is 0 Å². The summed E-state index contributed by atoms with van der Waals surface area (Å²) in [6.07, 6.45) is 8.91. The number of nitrogens with zero attached hydrogens (tertiary/aromatic N) is 6. The molecule has 10 nitrogen and oxygen atoms in total. The van der Waals surface area contributed by atoms with Crippen LogP contribution < -0.4 is 5.32 Å². The molecular formula is C25H37N7O3. The Labute approximate surface area is 206 Å². The molecule has 2 saturated heterocycles. The number of piperidine rings is 1. The molecule has 0 radical (unpaired) electrons. The van der Waals surface area contributed by atoms with E-state index in [2.05, 4.69) is 33.7 Å². The van der Waals surface area contributed by atoms with E-state index in [9.17, 15) is 9.59 Å². The number of pyridine rings is 1. The minimum atomic E-state index is -0.284. The van der Waals surface area contributed by atoms with Gasteiger partial charge in [0.1, 0.15) is 11.6 Å². The zero-order chi connectivity index (χ0) is 24.9. The van der Waals surface area contributed by atoms with Crippen molar-refractivity contribution in [3.05, 3.63) is 30.7 Å². The van der Waals surface area contributed by atoms with Crippen LogP contribution in [0.3, 0.4) is 0 Å². The third kappa shape index (κ3) is 6.11. The average Bonchev–Trinajstić information content (AvgIpc) is 3.47. The molecule has 0 aliphatic carbocycles. The molecule has 2 aromatic rings. The van der Waals surface area contributed by atoms with Crippen molar-refractivity contribution in [3.63, 3.8) is 0 Å². The van der Waals surface area contributed by atoms with Crippen LogP contribution in [0.4, 0.5) is 10.5 Å². The quantitative estimate of drug-likeness (QED) is 0.605. The molecule has 1 atom stereocenters. The average molecular weight is 484 g/mol. The number of ether oxygens (including phenoxy) is 1. The smallest absolute Gasteiger partial charge is 0.410 e. The Morgan fingerprint density at radius 1 is 1.17 bits per heavy atom. The van der Waals surface area contributed by atoms with Crippen molar-refractivity contribution >= 4 is 28.9 Å². The van der Waals surface area contributed by atoms with Gasteiger partial charge in [0.2, 0.25) is 5.91 Å². The minimum absolute atomic E-state index is 0.0271. The van der Waals surface area contributed by atoms with Crippen LogP contribution in [0, 0.1) is 0 Å². The number of amides is 2. The van der Waals surface area contributed by atoms with Gasteiger partial charge in [-0.15, -0.1) is 0 Å². The highest BCUT2D eigenvalue weighted by Gasteiger charge is 2.31. The van der Waals surface area contributed by atoms with Gasteiger partial charge in [0.05, 0.1) is 18.6 Å². The Kier molecular flexibility index (Phi) is 7.90. The first-order chi connectivity index (χ1) is 16.8. The Balaban J connectivity index is 1.24. The lowest BCUT2D eigenvalue weighted by atomic mass is 10.1. The second-order valence-electron chi connectivity index (χ2n) is 9.93. The first kappa shape index (κ1) is 25.0. The lowest BCUT2D eigenvalue weighted by Crippen LogP contribution is -2.44. The van der Waals surface area contributed by atoms with Gasteiger partial charge in [-0.1, -0.05) is 6.08 Å². The van der Waals surface area contributed by atoms with Crippen LogP contribution in [0.25, 0.3) is 11.2 Å². The van der Waals surface area contributed by atoms with Gasteiger partial charge in [0, 0.05) is 57.0 Å². The number of anilines is 1. The SMILES string of the molecule is CC(C)n1cnc2c(NC3CCN(C(=O)OC4CCN(C(=O)/C=C/CN(C)C)C4)CC3)ccnc21. The molecule has 0 spiro atoms. The van der Waals surface area contributed by atoms with Crippen LogP contribution in [0.15, 0.2) is 30.7 Å². The van der Waals surface area contributed by atoms with Gasteiger partial charge >= 0.3 is 6.09 Å². The molecule has 0 saturated carbocycles. The molecule has 2 aliphatic heterocycles. The van der Waals surface area contributed by atoms with E-state index >= 15 is 0 Å². The van der Waals surface area contributed by atoms with E-state index in [0.717, 1.165) is 36.2 Å². The van der Waals surface area contributed by atoms with Gasteiger partial charge in [0.15, 0.2) is 5.65 Å². The van der Waals surface area contributed by atoms with E-state index in [1.165, 1.54) is 0 Å². The van der Waals surface area contributed by atoms with Gasteiger partial charge in [-0.2, -0.15) is 0 Å². The topological polar surface area (TPSA) is 95.8 Å². The molecule has 4 rings (SSSR count). The van der Waals surface area contributed by atoms with E-state index in [-0.39, 0.29) is 24.1 Å². The standard InChI is InChI=1S/C25H37N7O3/c1-18(2)32-17-27-23-21(7-11-26-24(23)32)28-19-8-13-30(14-9-19)25(34)35-20-10-15-31(16-20)22(33)6-5-12-29(3)4/h5-7,11,17-20H,8-10,12-16H2,1-4H3,(H,26,28)/b6-5+. The number of hydrogen-bond acceptors (Lipinski definition) is 7. The van der Waals surface area contributed by atoms with Crippen molar-refractivity contribution in [1.82, 2.24) is 29.2 Å². The van der Waals surface area contributed by atoms with Crippen LogP contribution in [0.5, 0.6) is 0 Å². The molecule has 190 valence electrons. The summed E-state index contributed by atoms with van der Waals surface area (Å²) >= 11 is 0. The Bertz CT molecular complexity index is 1060. The predicted octanol–water partition coefficient (Wildman–Crippen LogP) is 2.74. The summed E-state index contributed by atoms with van der Waals surface area (Å²) < 4.78 is 7.80. The van der Waals surface area contributed by atoms with Gasteiger partial charge in [-0.05, 0) is 46.9 Å². The van der Waals surface area contributed by atoms with Gasteiger partial charge in [-0.25, -0.2) is 14.8 Å². The van der Waals surface area contributed by atoms with Crippen LogP contribution in [0.2, 0.25) is 0 Å². The van der Waals surface area contributed by atoms with Gasteiger partial charge in [-0.3, -0.25) is 4.79 Å². The maximum absolute atomic E-state index is 12.7. The zero-order valence-corrected chi connectivity index (χ0v) is 21.2. The number of rotatable bonds is 7. The lowest BCUT2D eigenvalue weighted by molar-refractivity contribution is -0.125. The highest BCUT2D eigenvalue weighted by atomic mass is 16.6. The Hall–Kier alpha value is -3.14. The van der Waals surface area contributed by atoms with Crippen molar-refractivity contribution in [2.24, 2.45) is 0 Å². The molecular weight excluding hydrogens is 446 g/mol. The molecule has 1 unspecified atom stereocenters. The predicted molar refractivity (Wildman–Crippen MR) is 135 cm³/mol. The fourth-order valence-corrected chi connectivity index (χ4v) is 4.57. The Morgan fingerprint density at radius 2 is 1.91 bits per heavy atom. The second-order valence-corrected chi connectivity index (χ2v) is 9.93. The zero-order valence-electron chi connectivity index (χ0n) is 21.2. The van der Waals surface area contributed by atoms with Crippen molar-refractivity contribution in [2.75, 3.05) is 52.1 Å². The van der Waals surface area contributed by atoms with Crippen LogP contribution in [-0.4, -0.2) is 100 Å². The van der Waals surface area contributed by atoms with Crippen LogP contribution in [0.1, 0.15) is 39.2 Å². The summed E-state index contributed by atoms with van der Waals surface area (Å²) in [6.45, 7) is 7.28. The van der Waals surface area contributed by atoms with E-state index in [1.54, 1.807) is 15.9 Å². The van der Waals surface area contributed by atoms with Crippen LogP contribution >= 0.6 is 0 Å². The maximum Gasteiger partial charge on any atom is 0.410 e. The van der Waals surface area contributed by atoms with Crippen molar-refractivity contribution < 1.29 is 14.3 Å². The molecule has 2 fully saturated rings. The van der Waals surface area contributed by atoms with Gasteiger partial charge < -0.3 is 29.3 Å². The number of likely N-dealkylation sites (N-methyl/N-ethyl adjacent to an activating group) is 1. The molecule has 0 bridgehead atoms. The molecule has 2 aliphatic rings. The molecule has 35 heavy (non-hydrogen) atoms. The molecule has 10 heteroatoms. The summed E-state index contributed by atoms with van der Waals surface area (Å²) in [6, 6.07) is 2.51. The highest BCUT2D eigenvalue weighted by Crippen LogP contribution is 2.25. The fourth-order valence-electron chi connectivity index (χ4n) is 4.57. The Morgan fingerprint density at radius 3 is 2.63 bits per heavy atom. The third-order valence-corrected chi connectivity index (χ3v) is 6.59. The number of aromatic nitrogens is 3. The number of hydrogen-bond donors (Lipinski definition) is 1. The molecule has 2 amide bonds. The van der Waals surface area contributed by atoms with Crippen molar-refractivity contribution in [1.29, 1.82) is 0 Å². The van der Waals surface area contributed by atoms with Gasteiger partial charge in [0.25, 0.3) is 0 Å². The third-order valence-electron chi connectivity index (χ3n) is 6.59. The second kappa shape index (κ2) is 11.1. The van der Waals surface area contributed by atoms with E-state index < -0.39 is 0 Å². The monoisotopic (exact) mass is 483 g/mol. The summed E-state index contributed by atoms with van der Waals surface area (Å²) in [7, 11) is 3.91. The molecule has 1 N–H and O–H groups in total. The summed E-state index contributed by atoms with van der Waals surface area (Å²) in [5, 5.41) is 3.60. The summed E-state index contributed by atoms with van der Waals surface area (Å²) in [5.74, 6) is -0.0271. The largest absolute Gasteiger partial charge is 0.444 e. The molecule has 4 heterocycles. The number of fused-ring (bicyclic) bond motifs is 1. The number of likely N-dealkylation sites (tertiary alicyclic amines) is 2. The van der Waals surface area contributed by atoms with E-state index in [1.807, 2.05) is 43.7 Å². The summed E-state index contributed by atoms with van der Waals surface area (Å²) in [5.41, 5.74) is 2.73. The number of imidazole rings is 1. The van der Waals surface area contributed by atoms with Crippen molar-refractivity contribution in [2.45, 2.75) is 51.3 Å². The maximum atomic E-state index is 12.7. The van der Waals surface area contributed by atoms with Crippen LogP contribution in [-0.2, 0) is 9.53 Å². The number of carbonyl (C=O) groups excluding carboxylic acids is 2. The fraction of sp³-hybridized carbons (Fsp3) is 0.600.